The molecule has 0 aliphatic carbocycles. The van der Waals surface area contributed by atoms with Gasteiger partial charge in [-0.1, -0.05) is 26.0 Å². The summed E-state index contributed by atoms with van der Waals surface area (Å²) < 4.78 is 13.0. The molecule has 1 amide bonds. The second kappa shape index (κ2) is 11.8. The minimum Gasteiger partial charge on any atom is -0.386 e. The molecule has 162 valence electrons. The monoisotopic (exact) mass is 406 g/mol. The van der Waals surface area contributed by atoms with Crippen molar-refractivity contribution in [1.29, 1.82) is 0 Å². The topological polar surface area (TPSA) is 77.0 Å². The number of hydrogen-bond donors (Lipinski definition) is 3. The molecule has 1 aromatic carbocycles. The average molecular weight is 407 g/mol. The third-order valence-electron chi connectivity index (χ3n) is 5.50. The molecule has 7 heteroatoms. The van der Waals surface area contributed by atoms with Crippen molar-refractivity contribution in [3.05, 3.63) is 35.6 Å². The number of rotatable bonds is 8. The zero-order valence-electron chi connectivity index (χ0n) is 17.8. The highest BCUT2D eigenvalue weighted by atomic mass is 19.1. The Balaban J connectivity index is 1.88. The molecule has 0 radical (unpaired) electrons. The number of nitrogens with one attached hydrogen (secondary N) is 2. The van der Waals surface area contributed by atoms with Crippen LogP contribution in [0, 0.1) is 11.7 Å². The van der Waals surface area contributed by atoms with E-state index in [0.29, 0.717) is 18.1 Å². The van der Waals surface area contributed by atoms with Gasteiger partial charge in [-0.25, -0.2) is 4.39 Å². The minimum absolute atomic E-state index is 0.131. The van der Waals surface area contributed by atoms with Crippen molar-refractivity contribution in [2.24, 2.45) is 10.9 Å². The lowest BCUT2D eigenvalue weighted by Crippen LogP contribution is -2.50. The number of piperidine rings is 1. The van der Waals surface area contributed by atoms with Gasteiger partial charge in [0.15, 0.2) is 5.96 Å². The van der Waals surface area contributed by atoms with Crippen LogP contribution >= 0.6 is 0 Å². The molecule has 0 bridgehead atoms. The number of halogens is 1. The number of guanidine groups is 1. The van der Waals surface area contributed by atoms with Crippen LogP contribution in [0.15, 0.2) is 29.3 Å². The van der Waals surface area contributed by atoms with Crippen molar-refractivity contribution in [3.8, 4) is 0 Å². The summed E-state index contributed by atoms with van der Waals surface area (Å²) in [6.45, 7) is 8.54. The summed E-state index contributed by atoms with van der Waals surface area (Å²) >= 11 is 0. The van der Waals surface area contributed by atoms with E-state index < -0.39 is 6.10 Å². The summed E-state index contributed by atoms with van der Waals surface area (Å²) in [6.07, 6.45) is 2.74. The first-order chi connectivity index (χ1) is 14.0. The molecule has 29 heavy (non-hydrogen) atoms. The molecule has 1 saturated heterocycles. The van der Waals surface area contributed by atoms with Gasteiger partial charge in [0, 0.05) is 31.6 Å². The van der Waals surface area contributed by atoms with Crippen LogP contribution in [0.25, 0.3) is 0 Å². The summed E-state index contributed by atoms with van der Waals surface area (Å²) in [4.78, 5) is 19.0. The van der Waals surface area contributed by atoms with E-state index in [1.54, 1.807) is 12.1 Å². The van der Waals surface area contributed by atoms with Gasteiger partial charge in [0.2, 0.25) is 5.91 Å². The largest absolute Gasteiger partial charge is 0.386 e. The van der Waals surface area contributed by atoms with Crippen LogP contribution in [0.4, 0.5) is 4.39 Å². The standard InChI is InChI=1S/C22H35FN4O2/c1-4-16(5-2)21(29)27-13-11-19(12-14-27)26-22(24-6-3)25-15-20(28)17-7-9-18(23)10-8-17/h7-10,16,19-20,28H,4-6,11-15H2,1-3H3,(H2,24,25,26). The molecule has 1 aliphatic rings. The molecular weight excluding hydrogens is 371 g/mol. The quantitative estimate of drug-likeness (QED) is 0.458. The van der Waals surface area contributed by atoms with Crippen molar-refractivity contribution < 1.29 is 14.3 Å². The SMILES string of the molecule is CCNC(=NCC(O)c1ccc(F)cc1)NC1CCN(C(=O)C(CC)CC)CC1. The van der Waals surface area contributed by atoms with Crippen LogP contribution in [-0.2, 0) is 4.79 Å². The summed E-state index contributed by atoms with van der Waals surface area (Å²) in [7, 11) is 0. The molecule has 1 aromatic rings. The maximum Gasteiger partial charge on any atom is 0.225 e. The van der Waals surface area contributed by atoms with E-state index in [1.807, 2.05) is 11.8 Å². The molecule has 0 aromatic heterocycles. The van der Waals surface area contributed by atoms with Crippen LogP contribution in [0.2, 0.25) is 0 Å². The first-order valence-electron chi connectivity index (χ1n) is 10.8. The van der Waals surface area contributed by atoms with E-state index in [9.17, 15) is 14.3 Å². The van der Waals surface area contributed by atoms with Gasteiger partial charge < -0.3 is 20.6 Å². The molecule has 0 spiro atoms. The van der Waals surface area contributed by atoms with Gasteiger partial charge in [-0.3, -0.25) is 9.79 Å². The Morgan fingerprint density at radius 3 is 2.38 bits per heavy atom. The molecular formula is C22H35FN4O2. The Kier molecular flexibility index (Phi) is 9.38. The van der Waals surface area contributed by atoms with E-state index >= 15 is 0 Å². The smallest absolute Gasteiger partial charge is 0.225 e. The second-order valence-corrected chi connectivity index (χ2v) is 7.54. The average Bonchev–Trinajstić information content (AvgIpc) is 2.73. The van der Waals surface area contributed by atoms with Crippen molar-refractivity contribution >= 4 is 11.9 Å². The minimum atomic E-state index is -0.787. The Labute approximate surface area is 173 Å². The van der Waals surface area contributed by atoms with E-state index in [0.717, 1.165) is 38.8 Å². The lowest BCUT2D eigenvalue weighted by Gasteiger charge is -2.35. The molecule has 3 N–H and O–H groups in total. The van der Waals surface area contributed by atoms with Gasteiger partial charge in [-0.2, -0.15) is 0 Å². The molecule has 1 heterocycles. The summed E-state index contributed by atoms with van der Waals surface area (Å²) in [5.74, 6) is 0.731. The number of nitrogens with zero attached hydrogens (tertiary/aromatic N) is 2. The van der Waals surface area contributed by atoms with Crippen molar-refractivity contribution in [2.45, 2.75) is 58.6 Å². The Morgan fingerprint density at radius 2 is 1.83 bits per heavy atom. The molecule has 0 saturated carbocycles. The van der Waals surface area contributed by atoms with Crippen LogP contribution in [0.3, 0.4) is 0 Å². The van der Waals surface area contributed by atoms with E-state index in [-0.39, 0.29) is 30.2 Å². The van der Waals surface area contributed by atoms with E-state index in [1.165, 1.54) is 12.1 Å². The van der Waals surface area contributed by atoms with Gasteiger partial charge >= 0.3 is 0 Å². The fourth-order valence-corrected chi connectivity index (χ4v) is 3.62. The lowest BCUT2D eigenvalue weighted by atomic mass is 9.98. The third kappa shape index (κ3) is 6.99. The molecule has 1 unspecified atom stereocenters. The Hall–Kier alpha value is -2.15. The molecule has 1 aliphatic heterocycles. The number of aliphatic hydroxyl groups is 1. The fraction of sp³-hybridized carbons (Fsp3) is 0.636. The molecule has 1 atom stereocenters. The number of likely N-dealkylation sites (tertiary alicyclic amines) is 1. The van der Waals surface area contributed by atoms with Crippen LogP contribution < -0.4 is 10.6 Å². The van der Waals surface area contributed by atoms with Gasteiger partial charge in [0.05, 0.1) is 12.6 Å². The number of aliphatic hydroxyl groups excluding tert-OH is 1. The predicted octanol–water partition coefficient (Wildman–Crippen LogP) is 2.84. The number of carbonyl (C=O) groups is 1. The van der Waals surface area contributed by atoms with Crippen molar-refractivity contribution in [3.63, 3.8) is 0 Å². The molecule has 1 fully saturated rings. The van der Waals surface area contributed by atoms with Crippen LogP contribution in [0.5, 0.6) is 0 Å². The Bertz CT molecular complexity index is 653. The number of hydrogen-bond acceptors (Lipinski definition) is 3. The fourth-order valence-electron chi connectivity index (χ4n) is 3.62. The normalized spacial score (nSPS) is 16.8. The van der Waals surface area contributed by atoms with Crippen LogP contribution in [-0.4, -0.2) is 54.1 Å². The number of amides is 1. The highest BCUT2D eigenvalue weighted by Crippen LogP contribution is 2.18. The highest BCUT2D eigenvalue weighted by Gasteiger charge is 2.26. The number of benzene rings is 1. The van der Waals surface area contributed by atoms with Crippen molar-refractivity contribution in [1.82, 2.24) is 15.5 Å². The zero-order valence-corrected chi connectivity index (χ0v) is 17.8. The highest BCUT2D eigenvalue weighted by molar-refractivity contribution is 5.80. The summed E-state index contributed by atoms with van der Waals surface area (Å²) in [5.41, 5.74) is 0.638. The van der Waals surface area contributed by atoms with E-state index in [4.69, 9.17) is 0 Å². The third-order valence-corrected chi connectivity index (χ3v) is 5.50. The first kappa shape index (κ1) is 23.1. The van der Waals surface area contributed by atoms with Gasteiger partial charge in [0.25, 0.3) is 0 Å². The predicted molar refractivity (Wildman–Crippen MR) is 114 cm³/mol. The summed E-state index contributed by atoms with van der Waals surface area (Å²) in [5, 5.41) is 16.9. The molecule has 6 nitrogen and oxygen atoms in total. The van der Waals surface area contributed by atoms with Crippen LogP contribution in [0.1, 0.15) is 58.1 Å². The molecule has 2 rings (SSSR count). The van der Waals surface area contributed by atoms with Gasteiger partial charge in [0.1, 0.15) is 5.82 Å². The second-order valence-electron chi connectivity index (χ2n) is 7.54. The maximum atomic E-state index is 13.0. The van der Waals surface area contributed by atoms with Gasteiger partial charge in [-0.05, 0) is 50.3 Å². The number of aliphatic imine (C=N–C) groups is 1. The lowest BCUT2D eigenvalue weighted by molar-refractivity contribution is -0.136. The maximum absolute atomic E-state index is 13.0. The van der Waals surface area contributed by atoms with E-state index in [2.05, 4.69) is 29.5 Å². The van der Waals surface area contributed by atoms with Crippen molar-refractivity contribution in [2.75, 3.05) is 26.2 Å². The zero-order chi connectivity index (χ0) is 21.2. The number of carbonyl (C=O) groups excluding carboxylic acids is 1. The Morgan fingerprint density at radius 1 is 1.21 bits per heavy atom. The van der Waals surface area contributed by atoms with Gasteiger partial charge in [-0.15, -0.1) is 0 Å². The summed E-state index contributed by atoms with van der Waals surface area (Å²) in [6, 6.07) is 6.05. The first-order valence-corrected chi connectivity index (χ1v) is 10.8.